The van der Waals surface area contributed by atoms with E-state index in [1.165, 1.54) is 96.3 Å². The summed E-state index contributed by atoms with van der Waals surface area (Å²) in [5.41, 5.74) is 0. The first kappa shape index (κ1) is 30.9. The van der Waals surface area contributed by atoms with Gasteiger partial charge in [-0.1, -0.05) is 124 Å². The Labute approximate surface area is 199 Å². The van der Waals surface area contributed by atoms with Crippen LogP contribution in [-0.2, 0) is 19.1 Å². The summed E-state index contributed by atoms with van der Waals surface area (Å²) in [6, 6.07) is 0. The Balaban J connectivity index is 3.22. The fourth-order valence-corrected chi connectivity index (χ4v) is 3.77. The maximum Gasteiger partial charge on any atom is 0.306 e. The number of hydrogen-bond acceptors (Lipinski definition) is 4. The highest BCUT2D eigenvalue weighted by Gasteiger charge is 2.09. The van der Waals surface area contributed by atoms with Crippen molar-refractivity contribution in [3.8, 4) is 0 Å². The zero-order chi connectivity index (χ0) is 23.7. The third kappa shape index (κ3) is 25.2. The lowest BCUT2D eigenvalue weighted by Crippen LogP contribution is -2.12. The molecule has 0 aromatic heterocycles. The van der Waals surface area contributed by atoms with Gasteiger partial charge >= 0.3 is 11.9 Å². The van der Waals surface area contributed by atoms with Gasteiger partial charge in [0.2, 0.25) is 0 Å². The minimum absolute atomic E-state index is 0.121. The lowest BCUT2D eigenvalue weighted by atomic mass is 10.0. The topological polar surface area (TPSA) is 52.6 Å². The standard InChI is InChI=1S/C28H54O4/c1-4-5-6-7-8-9-10-11-12-13-14-15-16-17-18-19-20-24-31-27(29)21-22-28(30)32-25-23-26(2)3/h26H,4-25H2,1-3H3. The zero-order valence-electron chi connectivity index (χ0n) is 21.8. The van der Waals surface area contributed by atoms with Gasteiger partial charge in [0.15, 0.2) is 0 Å². The summed E-state index contributed by atoms with van der Waals surface area (Å²) < 4.78 is 10.3. The first-order chi connectivity index (χ1) is 15.6. The number of esters is 2. The van der Waals surface area contributed by atoms with Crippen LogP contribution in [0.25, 0.3) is 0 Å². The molecule has 0 unspecified atom stereocenters. The Morgan fingerprint density at radius 2 is 0.875 bits per heavy atom. The molecule has 0 rings (SSSR count). The quantitative estimate of drug-likeness (QED) is 0.108. The summed E-state index contributed by atoms with van der Waals surface area (Å²) >= 11 is 0. The molecule has 0 radical (unpaired) electrons. The first-order valence-electron chi connectivity index (χ1n) is 13.9. The van der Waals surface area contributed by atoms with Crippen molar-refractivity contribution in [2.45, 2.75) is 149 Å². The molecular formula is C28H54O4. The van der Waals surface area contributed by atoms with Crippen molar-refractivity contribution in [3.05, 3.63) is 0 Å². The van der Waals surface area contributed by atoms with Gasteiger partial charge in [-0.25, -0.2) is 0 Å². The molecule has 4 nitrogen and oxygen atoms in total. The maximum atomic E-state index is 11.7. The minimum atomic E-state index is -0.305. The number of rotatable bonds is 24. The van der Waals surface area contributed by atoms with Crippen LogP contribution >= 0.6 is 0 Å². The average molecular weight is 455 g/mol. The zero-order valence-corrected chi connectivity index (χ0v) is 21.8. The van der Waals surface area contributed by atoms with Crippen LogP contribution in [0.15, 0.2) is 0 Å². The molecule has 0 aromatic carbocycles. The number of hydrogen-bond donors (Lipinski definition) is 0. The summed E-state index contributed by atoms with van der Waals surface area (Å²) in [6.45, 7) is 7.36. The van der Waals surface area contributed by atoms with E-state index in [4.69, 9.17) is 9.47 Å². The molecule has 0 bridgehead atoms. The molecule has 0 fully saturated rings. The van der Waals surface area contributed by atoms with Crippen LogP contribution in [0.3, 0.4) is 0 Å². The number of ether oxygens (including phenoxy) is 2. The largest absolute Gasteiger partial charge is 0.466 e. The summed E-state index contributed by atoms with van der Waals surface area (Å²) in [5.74, 6) is -0.0833. The number of carbonyl (C=O) groups excluding carboxylic acids is 2. The van der Waals surface area contributed by atoms with Crippen LogP contribution in [0.4, 0.5) is 0 Å². The molecule has 0 heterocycles. The Kier molecular flexibility index (Phi) is 23.8. The summed E-state index contributed by atoms with van der Waals surface area (Å²) in [7, 11) is 0. The molecule has 4 heteroatoms. The van der Waals surface area contributed by atoms with Gasteiger partial charge < -0.3 is 9.47 Å². The van der Waals surface area contributed by atoms with Crippen LogP contribution in [0.2, 0.25) is 0 Å². The second-order valence-electron chi connectivity index (χ2n) is 9.78. The minimum Gasteiger partial charge on any atom is -0.466 e. The van der Waals surface area contributed by atoms with Crippen LogP contribution < -0.4 is 0 Å². The van der Waals surface area contributed by atoms with Crippen molar-refractivity contribution in [1.29, 1.82) is 0 Å². The van der Waals surface area contributed by atoms with Crippen LogP contribution in [-0.4, -0.2) is 25.2 Å². The summed E-state index contributed by atoms with van der Waals surface area (Å²) in [6.07, 6.45) is 23.9. The predicted molar refractivity (Wildman–Crippen MR) is 135 cm³/mol. The number of carbonyl (C=O) groups is 2. The third-order valence-electron chi connectivity index (χ3n) is 6.00. The van der Waals surface area contributed by atoms with Crippen molar-refractivity contribution in [1.82, 2.24) is 0 Å². The highest BCUT2D eigenvalue weighted by Crippen LogP contribution is 2.14. The second-order valence-corrected chi connectivity index (χ2v) is 9.78. The summed E-state index contributed by atoms with van der Waals surface area (Å²) in [5, 5.41) is 0. The second kappa shape index (κ2) is 24.6. The molecule has 0 aliphatic rings. The molecule has 0 atom stereocenters. The Morgan fingerprint density at radius 3 is 1.25 bits per heavy atom. The van der Waals surface area contributed by atoms with Crippen molar-refractivity contribution in [2.24, 2.45) is 5.92 Å². The van der Waals surface area contributed by atoms with Gasteiger partial charge in [-0.3, -0.25) is 9.59 Å². The van der Waals surface area contributed by atoms with Crippen molar-refractivity contribution >= 4 is 11.9 Å². The van der Waals surface area contributed by atoms with Crippen LogP contribution in [0, 0.1) is 5.92 Å². The number of unbranched alkanes of at least 4 members (excludes halogenated alkanes) is 16. The van der Waals surface area contributed by atoms with Gasteiger partial charge in [-0.05, 0) is 18.8 Å². The molecular weight excluding hydrogens is 400 g/mol. The van der Waals surface area contributed by atoms with Crippen molar-refractivity contribution in [2.75, 3.05) is 13.2 Å². The lowest BCUT2D eigenvalue weighted by Gasteiger charge is -2.07. The van der Waals surface area contributed by atoms with Crippen molar-refractivity contribution < 1.29 is 19.1 Å². The molecule has 0 spiro atoms. The van der Waals surface area contributed by atoms with Gasteiger partial charge in [-0.15, -0.1) is 0 Å². The smallest absolute Gasteiger partial charge is 0.306 e. The van der Waals surface area contributed by atoms with E-state index in [0.29, 0.717) is 19.1 Å². The van der Waals surface area contributed by atoms with Gasteiger partial charge in [0.1, 0.15) is 0 Å². The van der Waals surface area contributed by atoms with E-state index in [2.05, 4.69) is 20.8 Å². The van der Waals surface area contributed by atoms with Crippen LogP contribution in [0.5, 0.6) is 0 Å². The van der Waals surface area contributed by atoms with E-state index >= 15 is 0 Å². The molecule has 0 aliphatic heterocycles. The molecule has 0 amide bonds. The lowest BCUT2D eigenvalue weighted by molar-refractivity contribution is -0.150. The Hall–Kier alpha value is -1.06. The van der Waals surface area contributed by atoms with E-state index in [1.54, 1.807) is 0 Å². The van der Waals surface area contributed by atoms with E-state index < -0.39 is 0 Å². The molecule has 32 heavy (non-hydrogen) atoms. The molecule has 0 aliphatic carbocycles. The SMILES string of the molecule is CCCCCCCCCCCCCCCCCCCOC(=O)CCC(=O)OCCC(C)C. The predicted octanol–water partition coefficient (Wildman–Crippen LogP) is 8.55. The fourth-order valence-electron chi connectivity index (χ4n) is 3.77. The van der Waals surface area contributed by atoms with E-state index in [1.807, 2.05) is 0 Å². The molecule has 0 saturated carbocycles. The normalized spacial score (nSPS) is 11.1. The fraction of sp³-hybridized carbons (Fsp3) is 0.929. The van der Waals surface area contributed by atoms with E-state index in [0.717, 1.165) is 19.3 Å². The average Bonchev–Trinajstić information content (AvgIpc) is 2.76. The third-order valence-corrected chi connectivity index (χ3v) is 6.00. The van der Waals surface area contributed by atoms with Gasteiger partial charge in [0, 0.05) is 0 Å². The van der Waals surface area contributed by atoms with Gasteiger partial charge in [0.25, 0.3) is 0 Å². The van der Waals surface area contributed by atoms with E-state index in [9.17, 15) is 9.59 Å². The Morgan fingerprint density at radius 1 is 0.531 bits per heavy atom. The van der Waals surface area contributed by atoms with Gasteiger partial charge in [-0.2, -0.15) is 0 Å². The van der Waals surface area contributed by atoms with Gasteiger partial charge in [0.05, 0.1) is 26.1 Å². The monoisotopic (exact) mass is 454 g/mol. The maximum absolute atomic E-state index is 11.7. The first-order valence-corrected chi connectivity index (χ1v) is 13.9. The van der Waals surface area contributed by atoms with Crippen LogP contribution in [0.1, 0.15) is 149 Å². The molecule has 0 saturated heterocycles. The molecule has 0 aromatic rings. The van der Waals surface area contributed by atoms with Crippen molar-refractivity contribution in [3.63, 3.8) is 0 Å². The molecule has 0 N–H and O–H groups in total. The van der Waals surface area contributed by atoms with E-state index in [-0.39, 0.29) is 24.8 Å². The Bertz CT molecular complexity index is 420. The highest BCUT2D eigenvalue weighted by atomic mass is 16.5. The molecule has 190 valence electrons. The summed E-state index contributed by atoms with van der Waals surface area (Å²) in [4.78, 5) is 23.2. The highest BCUT2D eigenvalue weighted by molar-refractivity contribution is 5.77.